The minimum Gasteiger partial charge on any atom is -0.507 e. The molecule has 0 saturated heterocycles. The predicted molar refractivity (Wildman–Crippen MR) is 92.2 cm³/mol. The quantitative estimate of drug-likeness (QED) is 0.569. The van der Waals surface area contributed by atoms with Crippen molar-refractivity contribution in [2.24, 2.45) is 0 Å². The second kappa shape index (κ2) is 6.72. The van der Waals surface area contributed by atoms with Crippen LogP contribution in [0.4, 0.5) is 0 Å². The van der Waals surface area contributed by atoms with Crippen molar-refractivity contribution in [3.8, 4) is 28.6 Å². The molecule has 0 radical (unpaired) electrons. The van der Waals surface area contributed by atoms with Gasteiger partial charge in [0.2, 0.25) is 0 Å². The van der Waals surface area contributed by atoms with Crippen LogP contribution >= 0.6 is 0 Å². The molecule has 1 aromatic heterocycles. The van der Waals surface area contributed by atoms with Crippen LogP contribution in [0, 0.1) is 0 Å². The number of esters is 2. The third-order valence-corrected chi connectivity index (χ3v) is 3.45. The minimum atomic E-state index is -0.566. The summed E-state index contributed by atoms with van der Waals surface area (Å²) in [4.78, 5) is 34.4. The Morgan fingerprint density at radius 2 is 1.54 bits per heavy atom. The summed E-state index contributed by atoms with van der Waals surface area (Å²) in [7, 11) is 0. The molecular formula is C19H14O7. The molecule has 0 spiro atoms. The Bertz CT molecular complexity index is 1060. The maximum Gasteiger partial charge on any atom is 0.308 e. The van der Waals surface area contributed by atoms with Crippen LogP contribution in [0.15, 0.2) is 51.7 Å². The number of benzene rings is 2. The van der Waals surface area contributed by atoms with Crippen molar-refractivity contribution in [3.05, 3.63) is 52.7 Å². The molecule has 0 fully saturated rings. The molecule has 3 rings (SSSR count). The number of hydrogen-bond acceptors (Lipinski definition) is 7. The third kappa shape index (κ3) is 3.56. The van der Waals surface area contributed by atoms with Gasteiger partial charge in [-0.25, -0.2) is 0 Å². The second-order valence-electron chi connectivity index (χ2n) is 5.50. The smallest absolute Gasteiger partial charge is 0.308 e. The Kier molecular flexibility index (Phi) is 4.45. The average Bonchev–Trinajstić information content (AvgIpc) is 2.53. The number of ether oxygens (including phenoxy) is 2. The van der Waals surface area contributed by atoms with Crippen LogP contribution in [0.5, 0.6) is 17.2 Å². The number of aromatic hydroxyl groups is 1. The molecule has 1 heterocycles. The number of carbonyl (C=O) groups excluding carboxylic acids is 2. The van der Waals surface area contributed by atoms with E-state index in [9.17, 15) is 19.5 Å². The third-order valence-electron chi connectivity index (χ3n) is 3.45. The van der Waals surface area contributed by atoms with Gasteiger partial charge in [-0.15, -0.1) is 0 Å². The van der Waals surface area contributed by atoms with Crippen LogP contribution < -0.4 is 14.9 Å². The topological polar surface area (TPSA) is 103 Å². The molecule has 0 aliphatic rings. The lowest BCUT2D eigenvalue weighted by atomic mass is 10.1. The summed E-state index contributed by atoms with van der Waals surface area (Å²) >= 11 is 0. The van der Waals surface area contributed by atoms with Gasteiger partial charge in [-0.1, -0.05) is 0 Å². The van der Waals surface area contributed by atoms with Crippen LogP contribution in [0.25, 0.3) is 22.3 Å². The predicted octanol–water partition coefficient (Wildman–Crippen LogP) is 3.02. The first-order valence-corrected chi connectivity index (χ1v) is 7.61. The van der Waals surface area contributed by atoms with Gasteiger partial charge in [0.15, 0.2) is 5.43 Å². The fourth-order valence-corrected chi connectivity index (χ4v) is 2.46. The molecule has 1 N–H and O–H groups in total. The van der Waals surface area contributed by atoms with E-state index in [1.54, 1.807) is 24.3 Å². The molecule has 0 saturated carbocycles. The Morgan fingerprint density at radius 3 is 2.15 bits per heavy atom. The lowest BCUT2D eigenvalue weighted by Crippen LogP contribution is -2.04. The van der Waals surface area contributed by atoms with Gasteiger partial charge < -0.3 is 19.0 Å². The lowest BCUT2D eigenvalue weighted by molar-refractivity contribution is -0.132. The summed E-state index contributed by atoms with van der Waals surface area (Å²) < 4.78 is 15.6. The van der Waals surface area contributed by atoms with Crippen molar-refractivity contribution in [1.82, 2.24) is 0 Å². The summed E-state index contributed by atoms with van der Waals surface area (Å²) in [6.45, 7) is 2.52. The molecule has 0 unspecified atom stereocenters. The van der Waals surface area contributed by atoms with E-state index in [4.69, 9.17) is 13.9 Å². The molecule has 132 valence electrons. The van der Waals surface area contributed by atoms with Gasteiger partial charge in [0.25, 0.3) is 0 Å². The van der Waals surface area contributed by atoms with Gasteiger partial charge in [-0.2, -0.15) is 0 Å². The zero-order valence-corrected chi connectivity index (χ0v) is 13.9. The molecule has 7 heteroatoms. The Labute approximate surface area is 147 Å². The van der Waals surface area contributed by atoms with E-state index in [0.717, 1.165) is 0 Å². The molecule has 7 nitrogen and oxygen atoms in total. The van der Waals surface area contributed by atoms with Crippen molar-refractivity contribution in [1.29, 1.82) is 0 Å². The summed E-state index contributed by atoms with van der Waals surface area (Å²) in [5, 5.41) is 10.0. The second-order valence-corrected chi connectivity index (χ2v) is 5.50. The highest BCUT2D eigenvalue weighted by Gasteiger charge is 2.14. The van der Waals surface area contributed by atoms with Crippen LogP contribution in [-0.2, 0) is 9.59 Å². The highest BCUT2D eigenvalue weighted by molar-refractivity contribution is 5.86. The summed E-state index contributed by atoms with van der Waals surface area (Å²) in [6.07, 6.45) is 0. The summed E-state index contributed by atoms with van der Waals surface area (Å²) in [5.74, 6) is -0.681. The zero-order valence-electron chi connectivity index (χ0n) is 13.9. The van der Waals surface area contributed by atoms with Crippen molar-refractivity contribution < 1.29 is 28.6 Å². The molecule has 0 aliphatic carbocycles. The van der Waals surface area contributed by atoms with E-state index >= 15 is 0 Å². The van der Waals surface area contributed by atoms with E-state index < -0.39 is 17.4 Å². The van der Waals surface area contributed by atoms with Crippen LogP contribution in [0.1, 0.15) is 13.8 Å². The van der Waals surface area contributed by atoms with Crippen molar-refractivity contribution in [3.63, 3.8) is 0 Å². The van der Waals surface area contributed by atoms with E-state index in [2.05, 4.69) is 0 Å². The van der Waals surface area contributed by atoms with Gasteiger partial charge >= 0.3 is 11.9 Å². The van der Waals surface area contributed by atoms with Gasteiger partial charge in [0, 0.05) is 37.6 Å². The Morgan fingerprint density at radius 1 is 0.923 bits per heavy atom. The molecule has 0 aliphatic heterocycles. The molecule has 3 aromatic rings. The highest BCUT2D eigenvalue weighted by atomic mass is 16.5. The standard InChI is InChI=1S/C19H14O7/c1-10(20)24-13-5-3-12(4-6-13)17-9-16(23)19-15(22)7-14(25-11(2)21)8-18(19)26-17/h3-9,22H,1-2H3. The van der Waals surface area contributed by atoms with Crippen molar-refractivity contribution in [2.45, 2.75) is 13.8 Å². The van der Waals surface area contributed by atoms with Crippen LogP contribution in [0.3, 0.4) is 0 Å². The maximum absolute atomic E-state index is 12.3. The molecule has 26 heavy (non-hydrogen) atoms. The van der Waals surface area contributed by atoms with E-state index in [1.165, 1.54) is 32.0 Å². The minimum absolute atomic E-state index is 0.0128. The normalized spacial score (nSPS) is 10.5. The molecule has 0 atom stereocenters. The SMILES string of the molecule is CC(=O)Oc1ccc(-c2cc(=O)c3c(O)cc(OC(C)=O)cc3o2)cc1. The van der Waals surface area contributed by atoms with Gasteiger partial charge in [-0.3, -0.25) is 14.4 Å². The first kappa shape index (κ1) is 17.2. The number of hydrogen-bond donors (Lipinski definition) is 1. The fourth-order valence-electron chi connectivity index (χ4n) is 2.46. The number of phenolic OH excluding ortho intramolecular Hbond substituents is 1. The Hall–Kier alpha value is -3.61. The van der Waals surface area contributed by atoms with Crippen molar-refractivity contribution >= 4 is 22.9 Å². The lowest BCUT2D eigenvalue weighted by Gasteiger charge is -2.08. The number of rotatable bonds is 3. The van der Waals surface area contributed by atoms with Gasteiger partial charge in [-0.05, 0) is 24.3 Å². The largest absolute Gasteiger partial charge is 0.507 e. The number of carbonyl (C=O) groups is 2. The highest BCUT2D eigenvalue weighted by Crippen LogP contribution is 2.31. The first-order valence-electron chi connectivity index (χ1n) is 7.61. The molecule has 0 bridgehead atoms. The van der Waals surface area contributed by atoms with E-state index in [-0.39, 0.29) is 28.2 Å². The first-order chi connectivity index (χ1) is 12.3. The molecular weight excluding hydrogens is 340 g/mol. The summed E-state index contributed by atoms with van der Waals surface area (Å²) in [5.41, 5.74) is 0.197. The molecule has 0 amide bonds. The zero-order chi connectivity index (χ0) is 18.8. The number of phenols is 1. The number of fused-ring (bicyclic) bond motifs is 1. The van der Waals surface area contributed by atoms with Crippen LogP contribution in [-0.4, -0.2) is 17.0 Å². The average molecular weight is 354 g/mol. The van der Waals surface area contributed by atoms with Crippen LogP contribution in [0.2, 0.25) is 0 Å². The summed E-state index contributed by atoms with van der Waals surface area (Å²) in [6, 6.07) is 10.1. The van der Waals surface area contributed by atoms with Gasteiger partial charge in [0.05, 0.1) is 0 Å². The Balaban J connectivity index is 2.08. The van der Waals surface area contributed by atoms with Gasteiger partial charge in [0.1, 0.15) is 34.0 Å². The van der Waals surface area contributed by atoms with Crippen molar-refractivity contribution in [2.75, 3.05) is 0 Å². The maximum atomic E-state index is 12.3. The molecule has 2 aromatic carbocycles. The monoisotopic (exact) mass is 354 g/mol. The fraction of sp³-hybridized carbons (Fsp3) is 0.105. The van der Waals surface area contributed by atoms with E-state index in [1.807, 2.05) is 0 Å². The van der Waals surface area contributed by atoms with E-state index in [0.29, 0.717) is 11.3 Å².